The van der Waals surface area contributed by atoms with Gasteiger partial charge in [-0.25, -0.2) is 0 Å². The summed E-state index contributed by atoms with van der Waals surface area (Å²) in [5.41, 5.74) is 2.57. The third-order valence-electron chi connectivity index (χ3n) is 3.33. The number of hydrogen-bond acceptors (Lipinski definition) is 2. The number of hydrogen-bond donors (Lipinski definition) is 0. The fraction of sp³-hybridized carbons (Fsp3) is 0.500. The smallest absolute Gasteiger partial charge is 0.192 e. The third-order valence-corrected chi connectivity index (χ3v) is 3.33. The zero-order valence-corrected chi connectivity index (χ0v) is 11.2. The van der Waals surface area contributed by atoms with Gasteiger partial charge >= 0.3 is 0 Å². The van der Waals surface area contributed by atoms with E-state index in [1.165, 1.54) is 11.1 Å². The van der Waals surface area contributed by atoms with Gasteiger partial charge in [0.05, 0.1) is 6.61 Å². The Morgan fingerprint density at radius 1 is 1.44 bits per heavy atom. The lowest BCUT2D eigenvalue weighted by Crippen LogP contribution is -2.17. The van der Waals surface area contributed by atoms with Gasteiger partial charge in [0.2, 0.25) is 0 Å². The lowest BCUT2D eigenvalue weighted by molar-refractivity contribution is -0.0497. The Labute approximate surface area is 110 Å². The Hall–Kier alpha value is -1.12. The molecule has 1 aromatic rings. The Bertz CT molecular complexity index is 394. The Morgan fingerprint density at radius 2 is 2.22 bits per heavy atom. The summed E-state index contributed by atoms with van der Waals surface area (Å²) in [4.78, 5) is 0. The van der Waals surface area contributed by atoms with Crippen molar-refractivity contribution in [1.29, 1.82) is 0 Å². The lowest BCUT2D eigenvalue weighted by atomic mass is 10.0. The summed E-state index contributed by atoms with van der Waals surface area (Å²) in [6.07, 6.45) is 6.10. The average Bonchev–Trinajstić information content (AvgIpc) is 3.16. The van der Waals surface area contributed by atoms with Crippen molar-refractivity contribution in [3.8, 4) is 0 Å². The summed E-state index contributed by atoms with van der Waals surface area (Å²) in [6.45, 7) is 7.54. The van der Waals surface area contributed by atoms with Crippen LogP contribution in [0.25, 0.3) is 6.08 Å². The summed E-state index contributed by atoms with van der Waals surface area (Å²) < 4.78 is 11.2. The van der Waals surface area contributed by atoms with Crippen LogP contribution < -0.4 is 0 Å². The zero-order chi connectivity index (χ0) is 12.8. The summed E-state index contributed by atoms with van der Waals surface area (Å²) in [5, 5.41) is 0. The highest BCUT2D eigenvalue weighted by Crippen LogP contribution is 2.33. The second-order valence-electron chi connectivity index (χ2n) is 4.80. The monoisotopic (exact) mass is 246 g/mol. The molecule has 1 unspecified atom stereocenters. The maximum atomic E-state index is 5.83. The molecule has 2 nitrogen and oxygen atoms in total. The molecule has 98 valence electrons. The number of ether oxygens (including phenoxy) is 2. The van der Waals surface area contributed by atoms with Crippen molar-refractivity contribution in [3.63, 3.8) is 0 Å². The van der Waals surface area contributed by atoms with Gasteiger partial charge in [0.1, 0.15) is 6.61 Å². The molecule has 0 radical (unpaired) electrons. The van der Waals surface area contributed by atoms with E-state index in [0.29, 0.717) is 0 Å². The summed E-state index contributed by atoms with van der Waals surface area (Å²) >= 11 is 0. The van der Waals surface area contributed by atoms with E-state index in [9.17, 15) is 0 Å². The molecule has 1 fully saturated rings. The van der Waals surface area contributed by atoms with Crippen LogP contribution in [0.5, 0.6) is 0 Å². The van der Waals surface area contributed by atoms with E-state index >= 15 is 0 Å². The van der Waals surface area contributed by atoms with E-state index in [0.717, 1.165) is 38.9 Å². The van der Waals surface area contributed by atoms with Gasteiger partial charge in [-0.2, -0.15) is 0 Å². The number of epoxide rings is 1. The molecule has 0 aliphatic carbocycles. The van der Waals surface area contributed by atoms with E-state index in [1.54, 1.807) is 0 Å². The fourth-order valence-electron chi connectivity index (χ4n) is 2.24. The van der Waals surface area contributed by atoms with Crippen LogP contribution in [-0.4, -0.2) is 19.0 Å². The number of aryl methyl sites for hydroxylation is 1. The Kier molecular flexibility index (Phi) is 4.56. The highest BCUT2D eigenvalue weighted by atomic mass is 16.8. The molecule has 0 saturated carbocycles. The molecule has 2 rings (SSSR count). The SMILES string of the molecule is C=Cc1ccccc1CCCOC1(CCC)CO1. The van der Waals surface area contributed by atoms with Gasteiger partial charge < -0.3 is 9.47 Å². The Balaban J connectivity index is 1.74. The lowest BCUT2D eigenvalue weighted by Gasteiger charge is -2.12. The summed E-state index contributed by atoms with van der Waals surface area (Å²) in [7, 11) is 0. The van der Waals surface area contributed by atoms with Gasteiger partial charge in [0.25, 0.3) is 0 Å². The third kappa shape index (κ3) is 3.44. The molecule has 0 bridgehead atoms. The molecule has 1 atom stereocenters. The normalized spacial score (nSPS) is 21.8. The molecule has 1 aliphatic heterocycles. The molecule has 2 heteroatoms. The minimum absolute atomic E-state index is 0.229. The molecular formula is C16H22O2. The first-order valence-electron chi connectivity index (χ1n) is 6.78. The van der Waals surface area contributed by atoms with Gasteiger partial charge in [0.15, 0.2) is 5.79 Å². The molecule has 0 aromatic heterocycles. The van der Waals surface area contributed by atoms with Crippen molar-refractivity contribution in [3.05, 3.63) is 42.0 Å². The minimum atomic E-state index is -0.229. The average molecular weight is 246 g/mol. The van der Waals surface area contributed by atoms with Crippen LogP contribution in [0, 0.1) is 0 Å². The fourth-order valence-corrected chi connectivity index (χ4v) is 2.24. The molecule has 0 N–H and O–H groups in total. The van der Waals surface area contributed by atoms with Crippen molar-refractivity contribution >= 4 is 6.08 Å². The second kappa shape index (κ2) is 6.17. The van der Waals surface area contributed by atoms with Gasteiger partial charge in [-0.3, -0.25) is 0 Å². The highest BCUT2D eigenvalue weighted by Gasteiger charge is 2.44. The van der Waals surface area contributed by atoms with E-state index in [2.05, 4.69) is 31.7 Å². The van der Waals surface area contributed by atoms with E-state index in [-0.39, 0.29) is 5.79 Å². The molecule has 18 heavy (non-hydrogen) atoms. The van der Waals surface area contributed by atoms with Gasteiger partial charge in [-0.15, -0.1) is 0 Å². The highest BCUT2D eigenvalue weighted by molar-refractivity contribution is 5.51. The molecule has 1 aromatic carbocycles. The van der Waals surface area contributed by atoms with Crippen LogP contribution >= 0.6 is 0 Å². The first kappa shape index (κ1) is 13.3. The predicted octanol–water partition coefficient (Wildman–Crippen LogP) is 3.81. The van der Waals surface area contributed by atoms with Crippen molar-refractivity contribution in [2.75, 3.05) is 13.2 Å². The van der Waals surface area contributed by atoms with Gasteiger partial charge in [-0.1, -0.05) is 50.3 Å². The van der Waals surface area contributed by atoms with Gasteiger partial charge in [-0.05, 0) is 24.0 Å². The quantitative estimate of drug-likeness (QED) is 0.514. The molecule has 0 amide bonds. The predicted molar refractivity (Wildman–Crippen MR) is 74.4 cm³/mol. The first-order chi connectivity index (χ1) is 8.79. The van der Waals surface area contributed by atoms with Crippen molar-refractivity contribution < 1.29 is 9.47 Å². The standard InChI is InChI=1S/C16H22O2/c1-3-11-16(13-18-16)17-12-7-10-15-9-6-5-8-14(15)4-2/h4-6,8-9H,2-3,7,10-13H2,1H3. The van der Waals surface area contributed by atoms with Crippen LogP contribution in [-0.2, 0) is 15.9 Å². The van der Waals surface area contributed by atoms with E-state index < -0.39 is 0 Å². The van der Waals surface area contributed by atoms with Crippen molar-refractivity contribution in [2.45, 2.75) is 38.4 Å². The van der Waals surface area contributed by atoms with Crippen molar-refractivity contribution in [1.82, 2.24) is 0 Å². The molecule has 1 aliphatic rings. The van der Waals surface area contributed by atoms with Crippen LogP contribution in [0.2, 0.25) is 0 Å². The second-order valence-corrected chi connectivity index (χ2v) is 4.80. The molecule has 0 spiro atoms. The van der Waals surface area contributed by atoms with Crippen molar-refractivity contribution in [2.24, 2.45) is 0 Å². The molecule has 1 heterocycles. The minimum Gasteiger partial charge on any atom is -0.348 e. The number of benzene rings is 1. The topological polar surface area (TPSA) is 21.8 Å². The zero-order valence-electron chi connectivity index (χ0n) is 11.2. The van der Waals surface area contributed by atoms with Gasteiger partial charge in [0, 0.05) is 6.42 Å². The summed E-state index contributed by atoms with van der Waals surface area (Å²) in [6, 6.07) is 8.38. The summed E-state index contributed by atoms with van der Waals surface area (Å²) in [5.74, 6) is -0.229. The maximum absolute atomic E-state index is 5.83. The molecular weight excluding hydrogens is 224 g/mol. The number of rotatable bonds is 8. The first-order valence-corrected chi connectivity index (χ1v) is 6.78. The maximum Gasteiger partial charge on any atom is 0.192 e. The van der Waals surface area contributed by atoms with Crippen LogP contribution in [0.4, 0.5) is 0 Å². The molecule has 1 saturated heterocycles. The van der Waals surface area contributed by atoms with Crippen LogP contribution in [0.3, 0.4) is 0 Å². The Morgan fingerprint density at radius 3 is 2.89 bits per heavy atom. The van der Waals surface area contributed by atoms with Crippen LogP contribution in [0.15, 0.2) is 30.8 Å². The van der Waals surface area contributed by atoms with Crippen LogP contribution in [0.1, 0.15) is 37.3 Å². The van der Waals surface area contributed by atoms with E-state index in [1.807, 2.05) is 12.1 Å². The van der Waals surface area contributed by atoms with E-state index in [4.69, 9.17) is 9.47 Å². The largest absolute Gasteiger partial charge is 0.348 e.